The molecule has 0 radical (unpaired) electrons. The Bertz CT molecular complexity index is 1420. The van der Waals surface area contributed by atoms with Crippen LogP contribution in [0.4, 0.5) is 0 Å². The maximum Gasteiger partial charge on any atom is 0.341 e. The van der Waals surface area contributed by atoms with E-state index in [0.717, 1.165) is 11.1 Å². The van der Waals surface area contributed by atoms with Crippen molar-refractivity contribution < 1.29 is 38.7 Å². The van der Waals surface area contributed by atoms with Crippen molar-refractivity contribution in [2.75, 3.05) is 28.4 Å². The first-order valence-corrected chi connectivity index (χ1v) is 13.2. The van der Waals surface area contributed by atoms with Gasteiger partial charge in [0.1, 0.15) is 17.2 Å². The van der Waals surface area contributed by atoms with Crippen molar-refractivity contribution in [3.8, 4) is 17.2 Å². The van der Waals surface area contributed by atoms with Gasteiger partial charge in [0, 0.05) is 13.5 Å². The van der Waals surface area contributed by atoms with Crippen LogP contribution in [0, 0.1) is 0 Å². The number of carboxylic acids is 2. The molecule has 0 fully saturated rings. The largest absolute Gasteiger partial charge is 0.496 e. The highest BCUT2D eigenvalue weighted by Crippen LogP contribution is 2.37. The molecule has 0 amide bonds. The predicted octanol–water partition coefficient (Wildman–Crippen LogP) is 5.98. The molecule has 8 heteroatoms. The topological polar surface area (TPSA) is 112 Å². The number of hydrogen-bond acceptors (Lipinski definition) is 6. The molecule has 0 aliphatic carbocycles. The molecule has 0 bridgehead atoms. The van der Waals surface area contributed by atoms with Gasteiger partial charge < -0.3 is 29.2 Å². The molecule has 0 spiro atoms. The summed E-state index contributed by atoms with van der Waals surface area (Å²) in [5, 5.41) is 19.4. The second-order valence-corrected chi connectivity index (χ2v) is 9.35. The van der Waals surface area contributed by atoms with Gasteiger partial charge in [0.2, 0.25) is 0 Å². The fourth-order valence-electron chi connectivity index (χ4n) is 4.79. The number of hydrogen-bond donors (Lipinski definition) is 2. The van der Waals surface area contributed by atoms with E-state index < -0.39 is 23.5 Å². The highest BCUT2D eigenvalue weighted by atomic mass is 16.5. The Balaban J connectivity index is 0.000000230. The van der Waals surface area contributed by atoms with Gasteiger partial charge in [-0.25, -0.2) is 4.79 Å². The van der Waals surface area contributed by atoms with E-state index in [1.165, 1.54) is 21.3 Å². The van der Waals surface area contributed by atoms with E-state index in [1.807, 2.05) is 60.7 Å². The molecule has 8 nitrogen and oxygen atoms in total. The van der Waals surface area contributed by atoms with Crippen LogP contribution in [0.1, 0.15) is 28.2 Å². The van der Waals surface area contributed by atoms with E-state index in [0.29, 0.717) is 34.8 Å². The van der Waals surface area contributed by atoms with Gasteiger partial charge in [-0.1, -0.05) is 84.9 Å². The summed E-state index contributed by atoms with van der Waals surface area (Å²) in [5.74, 6) is -0.950. The van der Waals surface area contributed by atoms with Crippen LogP contribution in [-0.4, -0.2) is 50.6 Å². The summed E-state index contributed by atoms with van der Waals surface area (Å²) < 4.78 is 21.4. The van der Waals surface area contributed by atoms with E-state index in [-0.39, 0.29) is 6.42 Å². The van der Waals surface area contributed by atoms with Gasteiger partial charge >= 0.3 is 11.9 Å². The summed E-state index contributed by atoms with van der Waals surface area (Å²) in [7, 11) is 6.03. The molecule has 0 saturated carbocycles. The van der Waals surface area contributed by atoms with E-state index in [1.54, 1.807) is 49.6 Å². The van der Waals surface area contributed by atoms with Gasteiger partial charge in [0.25, 0.3) is 0 Å². The number of rotatable bonds is 12. The fourth-order valence-corrected chi connectivity index (χ4v) is 4.79. The third-order valence-corrected chi connectivity index (χ3v) is 6.96. The second-order valence-electron chi connectivity index (χ2n) is 9.35. The number of carbonyl (C=O) groups is 2. The van der Waals surface area contributed by atoms with Crippen molar-refractivity contribution >= 4 is 11.9 Å². The first-order valence-electron chi connectivity index (χ1n) is 13.2. The summed E-state index contributed by atoms with van der Waals surface area (Å²) in [6.45, 7) is 0. The highest BCUT2D eigenvalue weighted by Gasteiger charge is 2.41. The number of aliphatic carboxylic acids is 2. The van der Waals surface area contributed by atoms with Crippen LogP contribution < -0.4 is 14.2 Å². The Hall–Kier alpha value is -4.82. The van der Waals surface area contributed by atoms with E-state index in [9.17, 15) is 19.8 Å². The molecular formula is C34H36O8. The Morgan fingerprint density at radius 1 is 0.667 bits per heavy atom. The van der Waals surface area contributed by atoms with Crippen LogP contribution in [0.15, 0.2) is 103 Å². The molecule has 220 valence electrons. The SMILES string of the molecule is COc1cccc(OC)c1C(Cc1ccccc1)C(=O)O.COc1ccccc1CC(OC)(C(=O)O)c1ccccc1. The average Bonchev–Trinajstić information content (AvgIpc) is 3.03. The zero-order valence-corrected chi connectivity index (χ0v) is 24.2. The van der Waals surface area contributed by atoms with Gasteiger partial charge in [-0.2, -0.15) is 0 Å². The number of carboxylic acid groups (broad SMARTS) is 2. The first kappa shape index (κ1) is 31.7. The summed E-state index contributed by atoms with van der Waals surface area (Å²) >= 11 is 0. The van der Waals surface area contributed by atoms with Gasteiger partial charge in [0.05, 0.1) is 32.8 Å². The van der Waals surface area contributed by atoms with Crippen molar-refractivity contribution in [3.63, 3.8) is 0 Å². The van der Waals surface area contributed by atoms with Crippen LogP contribution in [0.2, 0.25) is 0 Å². The van der Waals surface area contributed by atoms with Crippen molar-refractivity contribution in [2.45, 2.75) is 24.4 Å². The summed E-state index contributed by atoms with van der Waals surface area (Å²) in [5.41, 5.74) is 1.48. The van der Waals surface area contributed by atoms with Gasteiger partial charge in [-0.05, 0) is 41.3 Å². The number of methoxy groups -OCH3 is 4. The fraction of sp³-hybridized carbons (Fsp3) is 0.235. The molecule has 4 aromatic carbocycles. The quantitative estimate of drug-likeness (QED) is 0.213. The van der Waals surface area contributed by atoms with Gasteiger partial charge in [-0.15, -0.1) is 0 Å². The zero-order valence-electron chi connectivity index (χ0n) is 24.2. The van der Waals surface area contributed by atoms with E-state index in [4.69, 9.17) is 18.9 Å². The molecular weight excluding hydrogens is 536 g/mol. The summed E-state index contributed by atoms with van der Waals surface area (Å²) in [4.78, 5) is 23.6. The summed E-state index contributed by atoms with van der Waals surface area (Å²) in [6, 6.07) is 31.1. The highest BCUT2D eigenvalue weighted by molar-refractivity contribution is 5.80. The third-order valence-electron chi connectivity index (χ3n) is 6.96. The Morgan fingerprint density at radius 2 is 1.17 bits per heavy atom. The minimum atomic E-state index is -1.43. The molecule has 4 aromatic rings. The van der Waals surface area contributed by atoms with Gasteiger partial charge in [0.15, 0.2) is 5.60 Å². The molecule has 2 N–H and O–H groups in total. The Labute approximate surface area is 246 Å². The molecule has 2 unspecified atom stereocenters. The normalized spacial score (nSPS) is 12.6. The van der Waals surface area contributed by atoms with Crippen LogP contribution in [0.25, 0.3) is 0 Å². The zero-order chi connectivity index (χ0) is 30.5. The minimum absolute atomic E-state index is 0.187. The van der Waals surface area contributed by atoms with Crippen molar-refractivity contribution in [1.29, 1.82) is 0 Å². The molecule has 0 aromatic heterocycles. The van der Waals surface area contributed by atoms with Crippen molar-refractivity contribution in [2.24, 2.45) is 0 Å². The van der Waals surface area contributed by atoms with Crippen molar-refractivity contribution in [3.05, 3.63) is 125 Å². The van der Waals surface area contributed by atoms with Crippen LogP contribution in [-0.2, 0) is 32.8 Å². The summed E-state index contributed by atoms with van der Waals surface area (Å²) in [6.07, 6.45) is 0.569. The number of para-hydroxylation sites is 1. The predicted molar refractivity (Wildman–Crippen MR) is 160 cm³/mol. The first-order chi connectivity index (χ1) is 20.3. The molecule has 4 rings (SSSR count). The van der Waals surface area contributed by atoms with Crippen LogP contribution in [0.3, 0.4) is 0 Å². The lowest BCUT2D eigenvalue weighted by Crippen LogP contribution is -2.40. The molecule has 0 heterocycles. The average molecular weight is 573 g/mol. The Kier molecular flexibility index (Phi) is 11.5. The smallest absolute Gasteiger partial charge is 0.341 e. The van der Waals surface area contributed by atoms with Gasteiger partial charge in [-0.3, -0.25) is 4.79 Å². The molecule has 0 saturated heterocycles. The monoisotopic (exact) mass is 572 g/mol. The second kappa shape index (κ2) is 15.3. The van der Waals surface area contributed by atoms with Crippen LogP contribution in [0.5, 0.6) is 17.2 Å². The molecule has 42 heavy (non-hydrogen) atoms. The van der Waals surface area contributed by atoms with E-state index in [2.05, 4.69) is 0 Å². The lowest BCUT2D eigenvalue weighted by Gasteiger charge is -2.29. The Morgan fingerprint density at radius 3 is 1.67 bits per heavy atom. The number of benzene rings is 4. The van der Waals surface area contributed by atoms with E-state index >= 15 is 0 Å². The maximum atomic E-state index is 11.9. The number of ether oxygens (including phenoxy) is 4. The standard InChI is InChI=1S/2C17H18O4/c1-20-15-11-7-6-8-13(15)12-17(21-2,16(18)19)14-9-4-3-5-10-14;1-20-14-9-6-10-15(21-2)16(14)13(17(18)19)11-12-7-4-3-5-8-12/h3-11H,12H2,1-2H3,(H,18,19);3-10,13H,11H2,1-2H3,(H,18,19). The van der Waals surface area contributed by atoms with Crippen molar-refractivity contribution in [1.82, 2.24) is 0 Å². The minimum Gasteiger partial charge on any atom is -0.496 e. The molecule has 2 atom stereocenters. The molecule has 0 aliphatic heterocycles. The lowest BCUT2D eigenvalue weighted by atomic mass is 9.86. The lowest BCUT2D eigenvalue weighted by molar-refractivity contribution is -0.163. The maximum absolute atomic E-state index is 11.9. The van der Waals surface area contributed by atoms with Crippen LogP contribution >= 0.6 is 0 Å². The molecule has 0 aliphatic rings. The third kappa shape index (κ3) is 7.47.